The molecule has 0 aliphatic heterocycles. The van der Waals surface area contributed by atoms with Crippen molar-refractivity contribution in [2.24, 2.45) is 17.8 Å². The van der Waals surface area contributed by atoms with Crippen LogP contribution in [-0.4, -0.2) is 67.2 Å². The summed E-state index contributed by atoms with van der Waals surface area (Å²) >= 11 is 0. The lowest BCUT2D eigenvalue weighted by atomic mass is 9.68. The summed E-state index contributed by atoms with van der Waals surface area (Å²) in [6.07, 6.45) is 16.9. The highest BCUT2D eigenvalue weighted by Gasteiger charge is 2.31. The SMILES string of the molecule is C=CCCC1CCC(C2CCC(c3ccc(-c4cc(OCCC(=C)CO)cc(OCCC(=C)CO)c4)cc3)CC2)CC1.C=O.CO.O=CO. The Bertz CT molecular complexity index is 1170. The third-order valence-electron chi connectivity index (χ3n) is 9.60. The second-order valence-corrected chi connectivity index (χ2v) is 12.7. The summed E-state index contributed by atoms with van der Waals surface area (Å²) in [6, 6.07) is 15.1. The van der Waals surface area contributed by atoms with Gasteiger partial charge in [-0.3, -0.25) is 4.79 Å². The summed E-state index contributed by atoms with van der Waals surface area (Å²) in [4.78, 5) is 16.4. The summed E-state index contributed by atoms with van der Waals surface area (Å²) in [5.41, 5.74) is 5.14. The predicted molar refractivity (Wildman–Crippen MR) is 198 cm³/mol. The van der Waals surface area contributed by atoms with Crippen molar-refractivity contribution in [3.05, 3.63) is 85.0 Å². The van der Waals surface area contributed by atoms with E-state index in [9.17, 15) is 10.2 Å². The summed E-state index contributed by atoms with van der Waals surface area (Å²) in [6.45, 7) is 14.2. The van der Waals surface area contributed by atoms with E-state index in [1.165, 1.54) is 69.8 Å². The third kappa shape index (κ3) is 16.0. The summed E-state index contributed by atoms with van der Waals surface area (Å²) < 4.78 is 12.0. The van der Waals surface area contributed by atoms with Gasteiger partial charge in [0.2, 0.25) is 0 Å². The lowest BCUT2D eigenvalue weighted by Gasteiger charge is -2.38. The lowest BCUT2D eigenvalue weighted by molar-refractivity contribution is -0.122. The van der Waals surface area contributed by atoms with Crippen LogP contribution in [0.1, 0.15) is 88.5 Å². The molecule has 49 heavy (non-hydrogen) atoms. The molecule has 0 bridgehead atoms. The molecule has 0 unspecified atom stereocenters. The van der Waals surface area contributed by atoms with Crippen molar-refractivity contribution in [2.45, 2.75) is 83.0 Å². The summed E-state index contributed by atoms with van der Waals surface area (Å²) in [5.74, 6) is 4.92. The van der Waals surface area contributed by atoms with Gasteiger partial charge in [-0.15, -0.1) is 6.58 Å². The maximum Gasteiger partial charge on any atom is 0.290 e. The molecule has 4 rings (SSSR count). The number of allylic oxidation sites excluding steroid dienone is 1. The molecule has 0 aromatic heterocycles. The van der Waals surface area contributed by atoms with Crippen LogP contribution in [0.2, 0.25) is 0 Å². The topological polar surface area (TPSA) is 134 Å². The third-order valence-corrected chi connectivity index (χ3v) is 9.60. The number of rotatable bonds is 16. The van der Waals surface area contributed by atoms with Crippen LogP contribution >= 0.6 is 0 Å². The Hall–Kier alpha value is -3.72. The maximum absolute atomic E-state index is 9.25. The van der Waals surface area contributed by atoms with Gasteiger partial charge in [0, 0.05) is 26.0 Å². The first-order chi connectivity index (χ1) is 23.9. The van der Waals surface area contributed by atoms with Crippen LogP contribution in [0.3, 0.4) is 0 Å². The van der Waals surface area contributed by atoms with E-state index in [0.29, 0.717) is 32.0 Å². The van der Waals surface area contributed by atoms with Crippen LogP contribution in [0, 0.1) is 17.8 Å². The Balaban J connectivity index is 0.00000160. The number of hydrogen-bond donors (Lipinski definition) is 4. The predicted octanol–water partition coefficient (Wildman–Crippen LogP) is 8.16. The number of aliphatic hydroxyl groups is 3. The number of hydrogen-bond acceptors (Lipinski definition) is 7. The number of carbonyl (C=O) groups is 2. The molecular formula is C41H60O8. The van der Waals surface area contributed by atoms with E-state index >= 15 is 0 Å². The fourth-order valence-corrected chi connectivity index (χ4v) is 6.86. The van der Waals surface area contributed by atoms with Crippen molar-refractivity contribution in [3.8, 4) is 22.6 Å². The molecular weight excluding hydrogens is 620 g/mol. The first-order valence-corrected chi connectivity index (χ1v) is 17.4. The quantitative estimate of drug-likeness (QED) is 0.103. The van der Waals surface area contributed by atoms with Gasteiger partial charge in [0.25, 0.3) is 6.47 Å². The van der Waals surface area contributed by atoms with Crippen LogP contribution in [0.5, 0.6) is 11.5 Å². The van der Waals surface area contributed by atoms with E-state index in [2.05, 4.69) is 50.1 Å². The molecule has 4 N–H and O–H groups in total. The van der Waals surface area contributed by atoms with E-state index in [4.69, 9.17) is 29.3 Å². The van der Waals surface area contributed by atoms with Crippen molar-refractivity contribution in [1.82, 2.24) is 0 Å². The second-order valence-electron chi connectivity index (χ2n) is 12.7. The highest BCUT2D eigenvalue weighted by atomic mass is 16.5. The van der Waals surface area contributed by atoms with Gasteiger partial charge in [-0.1, -0.05) is 56.3 Å². The fourth-order valence-electron chi connectivity index (χ4n) is 6.86. The fraction of sp³-hybridized carbons (Fsp3) is 0.512. The van der Waals surface area contributed by atoms with Crippen molar-refractivity contribution < 1.29 is 39.5 Å². The van der Waals surface area contributed by atoms with Gasteiger partial charge in [-0.05, 0) is 115 Å². The number of benzene rings is 2. The van der Waals surface area contributed by atoms with Gasteiger partial charge in [-0.2, -0.15) is 0 Å². The van der Waals surface area contributed by atoms with Crippen LogP contribution < -0.4 is 9.47 Å². The lowest BCUT2D eigenvalue weighted by Crippen LogP contribution is -2.25. The monoisotopic (exact) mass is 680 g/mol. The Kier molecular flexibility index (Phi) is 23.1. The summed E-state index contributed by atoms with van der Waals surface area (Å²) in [7, 11) is 1.00. The van der Waals surface area contributed by atoms with Gasteiger partial charge >= 0.3 is 0 Å². The van der Waals surface area contributed by atoms with E-state index in [1.807, 2.05) is 25.0 Å². The van der Waals surface area contributed by atoms with E-state index in [0.717, 1.165) is 58.6 Å². The van der Waals surface area contributed by atoms with E-state index < -0.39 is 0 Å². The molecule has 2 aliphatic rings. The molecule has 0 amide bonds. The largest absolute Gasteiger partial charge is 0.493 e. The van der Waals surface area contributed by atoms with Crippen LogP contribution in [0.15, 0.2) is 79.4 Å². The van der Waals surface area contributed by atoms with Crippen molar-refractivity contribution in [2.75, 3.05) is 33.5 Å². The van der Waals surface area contributed by atoms with Crippen molar-refractivity contribution >= 4 is 13.3 Å². The molecule has 2 aliphatic carbocycles. The average Bonchev–Trinajstić information content (AvgIpc) is 3.16. The molecule has 0 atom stereocenters. The normalized spacial score (nSPS) is 19.6. The Labute approximate surface area is 294 Å². The zero-order valence-corrected chi connectivity index (χ0v) is 29.6. The Morgan fingerprint density at radius 2 is 1.20 bits per heavy atom. The molecule has 0 radical (unpaired) electrons. The van der Waals surface area contributed by atoms with Crippen molar-refractivity contribution in [1.29, 1.82) is 0 Å². The smallest absolute Gasteiger partial charge is 0.290 e. The molecule has 2 aromatic carbocycles. The molecule has 8 heteroatoms. The maximum atomic E-state index is 9.25. The van der Waals surface area contributed by atoms with Gasteiger partial charge in [-0.25, -0.2) is 0 Å². The number of aliphatic hydroxyl groups excluding tert-OH is 3. The van der Waals surface area contributed by atoms with Gasteiger partial charge in [0.15, 0.2) is 0 Å². The van der Waals surface area contributed by atoms with Crippen LogP contribution in [0.25, 0.3) is 11.1 Å². The van der Waals surface area contributed by atoms with Crippen molar-refractivity contribution in [3.63, 3.8) is 0 Å². The molecule has 0 saturated heterocycles. The molecule has 2 fully saturated rings. The number of carboxylic acid groups (broad SMARTS) is 1. The minimum absolute atomic E-state index is 0.0298. The van der Waals surface area contributed by atoms with Gasteiger partial charge in [0.1, 0.15) is 18.3 Å². The molecule has 0 heterocycles. The Morgan fingerprint density at radius 1 is 0.755 bits per heavy atom. The highest BCUT2D eigenvalue weighted by molar-refractivity contribution is 5.67. The zero-order chi connectivity index (χ0) is 36.4. The summed E-state index contributed by atoms with van der Waals surface area (Å²) in [5, 5.41) is 32.4. The first kappa shape index (κ1) is 43.3. The first-order valence-electron chi connectivity index (χ1n) is 17.4. The molecule has 8 nitrogen and oxygen atoms in total. The molecule has 2 aromatic rings. The van der Waals surface area contributed by atoms with E-state index in [-0.39, 0.29) is 19.7 Å². The number of carbonyl (C=O) groups excluding carboxylic acids is 1. The Morgan fingerprint density at radius 3 is 1.63 bits per heavy atom. The van der Waals surface area contributed by atoms with Crippen LogP contribution in [0.4, 0.5) is 0 Å². The molecule has 272 valence electrons. The molecule has 0 spiro atoms. The van der Waals surface area contributed by atoms with Gasteiger partial charge in [0.05, 0.1) is 26.4 Å². The minimum atomic E-state index is -0.250. The number of ether oxygens (including phenoxy) is 2. The highest BCUT2D eigenvalue weighted by Crippen LogP contribution is 2.44. The van der Waals surface area contributed by atoms with E-state index in [1.54, 1.807) is 0 Å². The average molecular weight is 681 g/mol. The zero-order valence-electron chi connectivity index (χ0n) is 29.6. The standard InChI is InChI=1S/C38H52O4.CH2O2.CH4O.CH2O/c1-4-5-6-30-7-9-31(10-8-30)32-11-13-33(14-12-32)34-15-17-35(18-16-34)36-23-37(41-21-19-28(2)26-39)25-38(24-36)42-22-20-29(3)27-40;2-1-3;2*1-2/h4,15-18,23-25,30-33,39-40H,1-3,5-14,19-22,26-27H2;1H,(H,2,3);2H,1H3;1H2. The minimum Gasteiger partial charge on any atom is -0.493 e. The second kappa shape index (κ2) is 26.2. The van der Waals surface area contributed by atoms with Gasteiger partial charge < -0.3 is 34.7 Å². The van der Waals surface area contributed by atoms with Crippen LogP contribution in [-0.2, 0) is 9.59 Å². The molecule has 2 saturated carbocycles.